The van der Waals surface area contributed by atoms with Gasteiger partial charge in [0.2, 0.25) is 0 Å². The number of carbonyl (C=O) groups is 1. The molecule has 0 radical (unpaired) electrons. The molecule has 0 aliphatic carbocycles. The first-order chi connectivity index (χ1) is 10.3. The molecule has 21 heavy (non-hydrogen) atoms. The molecule has 6 heteroatoms. The molecule has 0 saturated heterocycles. The molecule has 0 saturated carbocycles. The van der Waals surface area contributed by atoms with Crippen LogP contribution in [0, 0.1) is 11.3 Å². The number of hydroxylamine groups is 1. The molecule has 110 valence electrons. The Morgan fingerprint density at radius 3 is 2.86 bits per heavy atom. The average Bonchev–Trinajstić information content (AvgIpc) is 2.77. The topological polar surface area (TPSA) is 86.5 Å². The lowest BCUT2D eigenvalue weighted by Crippen LogP contribution is -2.29. The summed E-state index contributed by atoms with van der Waals surface area (Å²) < 4.78 is 0. The lowest BCUT2D eigenvalue weighted by Gasteiger charge is -2.09. The summed E-state index contributed by atoms with van der Waals surface area (Å²) in [6, 6.07) is 8.68. The fourth-order valence-corrected chi connectivity index (χ4v) is 1.97. The maximum Gasteiger partial charge on any atom is 0.253 e. The van der Waals surface area contributed by atoms with Crippen molar-refractivity contribution in [2.75, 3.05) is 18.5 Å². The van der Waals surface area contributed by atoms with Crippen LogP contribution in [0.15, 0.2) is 29.3 Å². The number of hydrogen-bond acceptors (Lipinski definition) is 5. The van der Waals surface area contributed by atoms with Gasteiger partial charge < -0.3 is 5.32 Å². The largest absolute Gasteiger partial charge is 0.324 e. The van der Waals surface area contributed by atoms with Crippen molar-refractivity contribution in [3.63, 3.8) is 0 Å². The lowest BCUT2D eigenvalue weighted by atomic mass is 10.2. The molecule has 2 rings (SSSR count). The van der Waals surface area contributed by atoms with E-state index in [1.807, 2.05) is 6.07 Å². The molecular weight excluding hydrogens is 268 g/mol. The number of rotatable bonds is 4. The van der Waals surface area contributed by atoms with Crippen molar-refractivity contribution in [3.8, 4) is 6.07 Å². The molecule has 6 nitrogen and oxygen atoms in total. The molecule has 1 aromatic carbocycles. The van der Waals surface area contributed by atoms with Gasteiger partial charge in [-0.15, -0.1) is 0 Å². The normalized spacial score (nSPS) is 14.5. The van der Waals surface area contributed by atoms with Gasteiger partial charge in [-0.05, 0) is 37.1 Å². The molecule has 0 bridgehead atoms. The highest BCUT2D eigenvalue weighted by Crippen LogP contribution is 2.08. The Kier molecular flexibility index (Phi) is 5.73. The number of anilines is 1. The molecule has 1 aliphatic heterocycles. The van der Waals surface area contributed by atoms with Crippen LogP contribution in [-0.2, 0) is 9.63 Å². The predicted molar refractivity (Wildman–Crippen MR) is 79.6 cm³/mol. The second-order valence-electron chi connectivity index (χ2n) is 4.77. The van der Waals surface area contributed by atoms with E-state index in [1.165, 1.54) is 6.42 Å². The van der Waals surface area contributed by atoms with Crippen molar-refractivity contribution < 1.29 is 9.63 Å². The van der Waals surface area contributed by atoms with E-state index in [-0.39, 0.29) is 12.5 Å². The van der Waals surface area contributed by atoms with Crippen molar-refractivity contribution in [2.24, 2.45) is 4.99 Å². The van der Waals surface area contributed by atoms with Gasteiger partial charge in [0.15, 0.2) is 6.61 Å². The molecule has 0 fully saturated rings. The predicted octanol–water partition coefficient (Wildman–Crippen LogP) is 1.99. The van der Waals surface area contributed by atoms with Crippen molar-refractivity contribution in [2.45, 2.75) is 25.7 Å². The van der Waals surface area contributed by atoms with Gasteiger partial charge in [0.25, 0.3) is 5.91 Å². The van der Waals surface area contributed by atoms with Crippen molar-refractivity contribution >= 4 is 17.4 Å². The summed E-state index contributed by atoms with van der Waals surface area (Å²) >= 11 is 0. The Morgan fingerprint density at radius 1 is 1.29 bits per heavy atom. The van der Waals surface area contributed by atoms with E-state index in [0.29, 0.717) is 11.3 Å². The van der Waals surface area contributed by atoms with E-state index < -0.39 is 0 Å². The van der Waals surface area contributed by atoms with Gasteiger partial charge in [-0.1, -0.05) is 6.42 Å². The summed E-state index contributed by atoms with van der Waals surface area (Å²) in [5.74, 6) is 0.542. The Balaban J connectivity index is 1.71. The van der Waals surface area contributed by atoms with E-state index >= 15 is 0 Å². The van der Waals surface area contributed by atoms with Crippen LogP contribution in [0.1, 0.15) is 31.2 Å². The molecule has 0 aromatic heterocycles. The first-order valence-corrected chi connectivity index (χ1v) is 6.99. The van der Waals surface area contributed by atoms with E-state index in [4.69, 9.17) is 10.1 Å². The highest BCUT2D eigenvalue weighted by molar-refractivity contribution is 5.91. The van der Waals surface area contributed by atoms with Gasteiger partial charge in [0.05, 0.1) is 11.6 Å². The quantitative estimate of drug-likeness (QED) is 0.829. The molecule has 0 spiro atoms. The zero-order valence-electron chi connectivity index (χ0n) is 11.8. The third-order valence-corrected chi connectivity index (χ3v) is 3.07. The second kappa shape index (κ2) is 8.02. The Hall–Kier alpha value is -2.39. The van der Waals surface area contributed by atoms with E-state index in [2.05, 4.69) is 15.8 Å². The number of amidine groups is 1. The van der Waals surface area contributed by atoms with Crippen molar-refractivity contribution in [1.29, 1.82) is 5.26 Å². The summed E-state index contributed by atoms with van der Waals surface area (Å²) in [5.41, 5.74) is 3.93. The molecule has 0 unspecified atom stereocenters. The Labute approximate surface area is 123 Å². The van der Waals surface area contributed by atoms with Crippen LogP contribution in [-0.4, -0.2) is 24.9 Å². The van der Waals surface area contributed by atoms with Gasteiger partial charge in [0.1, 0.15) is 5.84 Å². The van der Waals surface area contributed by atoms with Crippen LogP contribution in [0.3, 0.4) is 0 Å². The number of benzene rings is 1. The number of nitriles is 1. The number of hydrogen-bond donors (Lipinski definition) is 2. The number of carbonyl (C=O) groups excluding carboxylic acids is 1. The minimum atomic E-state index is -0.263. The summed E-state index contributed by atoms with van der Waals surface area (Å²) in [6.07, 6.45) is 4.22. The minimum Gasteiger partial charge on any atom is -0.324 e. The third-order valence-electron chi connectivity index (χ3n) is 3.07. The SMILES string of the molecule is N#Cc1ccc(NC(=O)CONC2=NCCCCC2)cc1. The monoisotopic (exact) mass is 286 g/mol. The van der Waals surface area contributed by atoms with Crippen LogP contribution in [0.4, 0.5) is 5.69 Å². The zero-order chi connectivity index (χ0) is 14.9. The number of aliphatic imine (C=N–C) groups is 1. The van der Waals surface area contributed by atoms with Crippen LogP contribution in [0.5, 0.6) is 0 Å². The molecule has 0 atom stereocenters. The summed E-state index contributed by atoms with van der Waals surface area (Å²) in [6.45, 7) is 0.710. The van der Waals surface area contributed by atoms with Crippen molar-refractivity contribution in [3.05, 3.63) is 29.8 Å². The van der Waals surface area contributed by atoms with E-state index in [1.54, 1.807) is 24.3 Å². The summed E-state index contributed by atoms with van der Waals surface area (Å²) in [4.78, 5) is 21.2. The molecule has 1 amide bonds. The fourth-order valence-electron chi connectivity index (χ4n) is 1.97. The van der Waals surface area contributed by atoms with Gasteiger partial charge in [-0.3, -0.25) is 20.1 Å². The minimum absolute atomic E-state index is 0.0982. The van der Waals surface area contributed by atoms with Crippen LogP contribution >= 0.6 is 0 Å². The van der Waals surface area contributed by atoms with Gasteiger partial charge in [0, 0.05) is 18.7 Å². The first kappa shape index (κ1) is 15.0. The first-order valence-electron chi connectivity index (χ1n) is 6.99. The Morgan fingerprint density at radius 2 is 2.10 bits per heavy atom. The average molecular weight is 286 g/mol. The van der Waals surface area contributed by atoms with Crippen LogP contribution < -0.4 is 10.8 Å². The zero-order valence-corrected chi connectivity index (χ0v) is 11.8. The van der Waals surface area contributed by atoms with Crippen LogP contribution in [0.2, 0.25) is 0 Å². The fraction of sp³-hybridized carbons (Fsp3) is 0.400. The van der Waals surface area contributed by atoms with Crippen molar-refractivity contribution in [1.82, 2.24) is 5.48 Å². The summed E-state index contributed by atoms with van der Waals surface area (Å²) in [7, 11) is 0. The van der Waals surface area contributed by atoms with E-state index in [9.17, 15) is 4.79 Å². The summed E-state index contributed by atoms with van der Waals surface area (Å²) in [5, 5.41) is 11.4. The van der Waals surface area contributed by atoms with Crippen LogP contribution in [0.25, 0.3) is 0 Å². The number of nitrogens with zero attached hydrogens (tertiary/aromatic N) is 2. The third kappa shape index (κ3) is 5.24. The molecule has 1 aromatic rings. The Bertz CT molecular complexity index is 546. The van der Waals surface area contributed by atoms with Gasteiger partial charge in [-0.25, -0.2) is 0 Å². The van der Waals surface area contributed by atoms with Gasteiger partial charge in [-0.2, -0.15) is 5.26 Å². The molecule has 1 heterocycles. The number of nitrogens with one attached hydrogen (secondary N) is 2. The maximum absolute atomic E-state index is 11.7. The highest BCUT2D eigenvalue weighted by atomic mass is 16.6. The standard InChI is InChI=1S/C15H18N4O2/c16-10-12-5-7-13(8-6-12)18-15(20)11-21-19-14-4-2-1-3-9-17-14/h5-8H,1-4,9,11H2,(H,17,19)(H,18,20). The lowest BCUT2D eigenvalue weighted by molar-refractivity contribution is -0.122. The van der Waals surface area contributed by atoms with E-state index in [0.717, 1.165) is 31.6 Å². The molecule has 2 N–H and O–H groups in total. The second-order valence-corrected chi connectivity index (χ2v) is 4.77. The molecular formula is C15H18N4O2. The number of amides is 1. The maximum atomic E-state index is 11.7. The molecule has 1 aliphatic rings. The highest BCUT2D eigenvalue weighted by Gasteiger charge is 2.06. The van der Waals surface area contributed by atoms with Gasteiger partial charge >= 0.3 is 0 Å². The smallest absolute Gasteiger partial charge is 0.253 e.